The van der Waals surface area contributed by atoms with Gasteiger partial charge in [-0.15, -0.1) is 0 Å². The van der Waals surface area contributed by atoms with Crippen LogP contribution in [0.15, 0.2) is 60.7 Å². The summed E-state index contributed by atoms with van der Waals surface area (Å²) in [6.07, 6.45) is 0.604. The Morgan fingerprint density at radius 3 is 2.27 bits per heavy atom. The van der Waals surface area contributed by atoms with Crippen molar-refractivity contribution in [2.75, 3.05) is 11.5 Å². The lowest BCUT2D eigenvalue weighted by Gasteiger charge is -2.37. The molecule has 3 N–H and O–H groups in total. The molecule has 0 saturated carbocycles. The first-order valence-corrected chi connectivity index (χ1v) is 13.8. The van der Waals surface area contributed by atoms with Crippen molar-refractivity contribution in [2.24, 2.45) is 0 Å². The van der Waals surface area contributed by atoms with Gasteiger partial charge in [0.2, 0.25) is 0 Å². The number of nitrogens with zero attached hydrogens (tertiary/aromatic N) is 1. The molecule has 4 rings (SSSR count). The minimum absolute atomic E-state index is 0.302. The zero-order valence-electron chi connectivity index (χ0n) is 21.3. The lowest BCUT2D eigenvalue weighted by molar-refractivity contribution is -0.128. The SMILES string of the molecule is C[C@@](NC(=O)c1ccc(-c2ccccc2Cl)cc1C(=O)O)(C(=O)NC1(C#N)CCSCC1)c1c(F)cccc1F. The Hall–Kier alpha value is -3.94. The molecule has 1 atom stereocenters. The maximum atomic E-state index is 15.1. The zero-order valence-corrected chi connectivity index (χ0v) is 22.8. The number of nitrogens with one attached hydrogen (secondary N) is 2. The average Bonchev–Trinajstić information content (AvgIpc) is 2.93. The van der Waals surface area contributed by atoms with Gasteiger partial charge in [-0.1, -0.05) is 41.9 Å². The second-order valence-corrected chi connectivity index (χ2v) is 11.1. The van der Waals surface area contributed by atoms with E-state index in [0.29, 0.717) is 40.5 Å². The summed E-state index contributed by atoms with van der Waals surface area (Å²) in [5, 5.41) is 25.1. The minimum atomic E-state index is -2.35. The number of benzene rings is 3. The number of hydrogen-bond donors (Lipinski definition) is 3. The fourth-order valence-corrected chi connectivity index (χ4v) is 6.05. The Morgan fingerprint density at radius 1 is 1.02 bits per heavy atom. The van der Waals surface area contributed by atoms with Crippen LogP contribution in [0, 0.1) is 23.0 Å². The molecule has 0 aromatic heterocycles. The van der Waals surface area contributed by atoms with Crippen LogP contribution in [0.4, 0.5) is 8.78 Å². The van der Waals surface area contributed by atoms with E-state index in [-0.39, 0.29) is 5.56 Å². The predicted molar refractivity (Wildman–Crippen MR) is 148 cm³/mol. The number of aromatic carboxylic acids is 1. The summed E-state index contributed by atoms with van der Waals surface area (Å²) in [5.74, 6) is -4.54. The summed E-state index contributed by atoms with van der Waals surface area (Å²) in [7, 11) is 0. The largest absolute Gasteiger partial charge is 0.478 e. The lowest BCUT2D eigenvalue weighted by atomic mass is 9.86. The fourth-order valence-electron chi connectivity index (χ4n) is 4.61. The number of carbonyl (C=O) groups excluding carboxylic acids is 2. The molecule has 0 spiro atoms. The quantitative estimate of drug-likeness (QED) is 0.336. The zero-order chi connectivity index (χ0) is 29.1. The van der Waals surface area contributed by atoms with Crippen LogP contribution < -0.4 is 10.6 Å². The third kappa shape index (κ3) is 5.67. The lowest BCUT2D eigenvalue weighted by Crippen LogP contribution is -2.61. The molecule has 1 fully saturated rings. The number of halogens is 3. The number of nitriles is 1. The van der Waals surface area contributed by atoms with Crippen LogP contribution in [-0.2, 0) is 10.3 Å². The Bertz CT molecular complexity index is 1520. The molecule has 11 heteroatoms. The molecule has 3 aromatic rings. The highest BCUT2D eigenvalue weighted by Crippen LogP contribution is 2.33. The van der Waals surface area contributed by atoms with Crippen molar-refractivity contribution in [1.82, 2.24) is 10.6 Å². The van der Waals surface area contributed by atoms with Crippen LogP contribution in [0.3, 0.4) is 0 Å². The average molecular weight is 584 g/mol. The van der Waals surface area contributed by atoms with Gasteiger partial charge in [-0.3, -0.25) is 9.59 Å². The van der Waals surface area contributed by atoms with Gasteiger partial charge in [-0.05, 0) is 67.2 Å². The number of carbonyl (C=O) groups is 3. The Labute approximate surface area is 238 Å². The molecule has 1 heterocycles. The van der Waals surface area contributed by atoms with Gasteiger partial charge in [-0.25, -0.2) is 13.6 Å². The molecule has 1 aliphatic heterocycles. The molecule has 0 unspecified atom stereocenters. The highest BCUT2D eigenvalue weighted by Gasteiger charge is 2.46. The summed E-state index contributed by atoms with van der Waals surface area (Å²) in [6.45, 7) is 1.11. The summed E-state index contributed by atoms with van der Waals surface area (Å²) >= 11 is 7.85. The summed E-state index contributed by atoms with van der Waals surface area (Å²) < 4.78 is 30.1. The number of hydrogen-bond acceptors (Lipinski definition) is 5. The first kappa shape index (κ1) is 29.1. The Kier molecular flexibility index (Phi) is 8.47. The van der Waals surface area contributed by atoms with Crippen LogP contribution in [0.5, 0.6) is 0 Å². The van der Waals surface area contributed by atoms with Gasteiger partial charge in [0, 0.05) is 10.6 Å². The number of thioether (sulfide) groups is 1. The molecule has 3 aromatic carbocycles. The summed E-state index contributed by atoms with van der Waals surface area (Å²) in [6, 6.07) is 15.8. The van der Waals surface area contributed by atoms with Crippen LogP contribution in [0.1, 0.15) is 46.0 Å². The minimum Gasteiger partial charge on any atom is -0.478 e. The van der Waals surface area contributed by atoms with E-state index in [1.165, 1.54) is 18.2 Å². The highest BCUT2D eigenvalue weighted by molar-refractivity contribution is 7.99. The first-order valence-electron chi connectivity index (χ1n) is 12.2. The first-order chi connectivity index (χ1) is 19.0. The van der Waals surface area contributed by atoms with Gasteiger partial charge in [0.15, 0.2) is 0 Å². The smallest absolute Gasteiger partial charge is 0.336 e. The Morgan fingerprint density at radius 2 is 1.68 bits per heavy atom. The fraction of sp³-hybridized carbons (Fsp3) is 0.241. The molecule has 2 amide bonds. The second kappa shape index (κ2) is 11.7. The monoisotopic (exact) mass is 583 g/mol. The van der Waals surface area contributed by atoms with Crippen molar-refractivity contribution >= 4 is 41.1 Å². The maximum absolute atomic E-state index is 15.1. The van der Waals surface area contributed by atoms with E-state index in [1.54, 1.807) is 36.0 Å². The van der Waals surface area contributed by atoms with E-state index < -0.39 is 51.6 Å². The molecule has 0 radical (unpaired) electrons. The maximum Gasteiger partial charge on any atom is 0.336 e. The van der Waals surface area contributed by atoms with Gasteiger partial charge < -0.3 is 15.7 Å². The van der Waals surface area contributed by atoms with Gasteiger partial charge in [-0.2, -0.15) is 17.0 Å². The van der Waals surface area contributed by atoms with Gasteiger partial charge in [0.25, 0.3) is 11.8 Å². The predicted octanol–water partition coefficient (Wildman–Crippen LogP) is 5.53. The molecule has 40 heavy (non-hydrogen) atoms. The molecular weight excluding hydrogens is 560 g/mol. The van der Waals surface area contributed by atoms with Crippen molar-refractivity contribution in [2.45, 2.75) is 30.8 Å². The molecule has 0 aliphatic carbocycles. The van der Waals surface area contributed by atoms with E-state index >= 15 is 8.78 Å². The molecule has 1 aliphatic rings. The third-order valence-electron chi connectivity index (χ3n) is 6.87. The van der Waals surface area contributed by atoms with E-state index in [4.69, 9.17) is 11.6 Å². The van der Waals surface area contributed by atoms with Crippen LogP contribution in [-0.4, -0.2) is 39.9 Å². The van der Waals surface area contributed by atoms with Crippen molar-refractivity contribution in [3.8, 4) is 17.2 Å². The van der Waals surface area contributed by atoms with Crippen molar-refractivity contribution < 1.29 is 28.3 Å². The normalized spacial score (nSPS) is 15.8. The van der Waals surface area contributed by atoms with Gasteiger partial charge in [0.1, 0.15) is 22.7 Å². The number of carboxylic acid groups (broad SMARTS) is 1. The van der Waals surface area contributed by atoms with Gasteiger partial charge in [0.05, 0.1) is 22.8 Å². The third-order valence-corrected chi connectivity index (χ3v) is 8.19. The van der Waals surface area contributed by atoms with E-state index in [9.17, 15) is 24.8 Å². The van der Waals surface area contributed by atoms with Crippen molar-refractivity contribution in [3.05, 3.63) is 94.0 Å². The summed E-state index contributed by atoms with van der Waals surface area (Å²) in [5.41, 5.74) is -4.19. The molecule has 7 nitrogen and oxygen atoms in total. The van der Waals surface area contributed by atoms with E-state index in [0.717, 1.165) is 25.1 Å². The van der Waals surface area contributed by atoms with Gasteiger partial charge >= 0.3 is 5.97 Å². The standard InChI is InChI=1S/C29H24ClF2N3O4S/c1-28(24-22(31)7-4-8-23(24)32,27(39)35-29(16-33)11-13-40-14-12-29)34-25(36)19-10-9-17(15-20(19)26(37)38)18-5-2-3-6-21(18)30/h2-10,15H,11-14H2,1H3,(H,34,36)(H,35,39)(H,37,38)/t28-/m0/s1. The Balaban J connectivity index is 1.77. The molecule has 0 bridgehead atoms. The molecular formula is C29H24ClF2N3O4S. The second-order valence-electron chi connectivity index (χ2n) is 9.48. The number of rotatable bonds is 7. The topological polar surface area (TPSA) is 119 Å². The van der Waals surface area contributed by atoms with Crippen LogP contribution in [0.25, 0.3) is 11.1 Å². The van der Waals surface area contributed by atoms with Crippen molar-refractivity contribution in [3.63, 3.8) is 0 Å². The number of amides is 2. The van der Waals surface area contributed by atoms with Crippen LogP contribution in [0.2, 0.25) is 5.02 Å². The van der Waals surface area contributed by atoms with E-state index in [1.807, 2.05) is 0 Å². The number of carboxylic acids is 1. The highest BCUT2D eigenvalue weighted by atomic mass is 35.5. The van der Waals surface area contributed by atoms with Crippen LogP contribution >= 0.6 is 23.4 Å². The van der Waals surface area contributed by atoms with Crippen molar-refractivity contribution in [1.29, 1.82) is 5.26 Å². The molecule has 206 valence electrons. The summed E-state index contributed by atoms with van der Waals surface area (Å²) in [4.78, 5) is 39.4. The molecule has 1 saturated heterocycles. The van der Waals surface area contributed by atoms with E-state index in [2.05, 4.69) is 16.7 Å².